The van der Waals surface area contributed by atoms with Crippen molar-refractivity contribution in [3.05, 3.63) is 91.4 Å². The van der Waals surface area contributed by atoms with Crippen LogP contribution < -0.4 is 0 Å². The number of para-hydroxylation sites is 1. The minimum Gasteiger partial charge on any atom is -0.506 e. The van der Waals surface area contributed by atoms with E-state index >= 15 is 0 Å². The Labute approximate surface area is 186 Å². The summed E-state index contributed by atoms with van der Waals surface area (Å²) >= 11 is 24.3. The average molecular weight is 494 g/mol. The summed E-state index contributed by atoms with van der Waals surface area (Å²) in [5, 5.41) is 20.4. The first-order valence-corrected chi connectivity index (χ1v) is 10.8. The summed E-state index contributed by atoms with van der Waals surface area (Å²) in [7, 11) is -5.11. The maximum atomic E-state index is 13.0. The molecule has 3 N–H and O–H groups in total. The van der Waals surface area contributed by atoms with Gasteiger partial charge in [0, 0.05) is 21.2 Å². The van der Waals surface area contributed by atoms with E-state index in [0.29, 0.717) is 0 Å². The molecule has 0 radical (unpaired) electrons. The van der Waals surface area contributed by atoms with Crippen LogP contribution in [-0.2, 0) is 14.9 Å². The molecule has 10 heteroatoms. The SMILES string of the molecule is O=S(=O)(O)C(c1cccc(Cl)c1)(c1cc(O)c(Cl)cc1Cl)c1cccc(Cl)c1O. The number of hydrogen-bond acceptors (Lipinski definition) is 4. The minimum absolute atomic E-state index is 0.0475. The summed E-state index contributed by atoms with van der Waals surface area (Å²) in [5.41, 5.74) is -0.601. The highest BCUT2D eigenvalue weighted by Crippen LogP contribution is 2.52. The van der Waals surface area contributed by atoms with Gasteiger partial charge in [-0.25, -0.2) is 0 Å². The number of halogens is 4. The molecule has 0 saturated carbocycles. The predicted molar refractivity (Wildman–Crippen MR) is 114 cm³/mol. The van der Waals surface area contributed by atoms with Crippen LogP contribution in [0.25, 0.3) is 0 Å². The first kappa shape index (κ1) is 22.0. The summed E-state index contributed by atoms with van der Waals surface area (Å²) < 4.78 is 33.9. The maximum Gasteiger partial charge on any atom is 0.283 e. The van der Waals surface area contributed by atoms with Crippen LogP contribution in [-0.4, -0.2) is 23.2 Å². The first-order valence-electron chi connectivity index (χ1n) is 7.89. The van der Waals surface area contributed by atoms with Crippen molar-refractivity contribution in [3.8, 4) is 11.5 Å². The number of phenolic OH excluding ortho intramolecular Hbond substituents is 2. The summed E-state index contributed by atoms with van der Waals surface area (Å²) in [4.78, 5) is 0. The molecule has 3 aromatic carbocycles. The molecule has 0 aliphatic rings. The van der Waals surface area contributed by atoms with E-state index in [1.807, 2.05) is 0 Å². The van der Waals surface area contributed by atoms with Gasteiger partial charge in [-0.05, 0) is 35.9 Å². The third-order valence-electron chi connectivity index (χ3n) is 4.40. The Balaban J connectivity index is 2.63. The van der Waals surface area contributed by atoms with E-state index in [-0.39, 0.29) is 36.8 Å². The van der Waals surface area contributed by atoms with Crippen LogP contribution in [0.4, 0.5) is 0 Å². The minimum atomic E-state index is -5.11. The Hall–Kier alpha value is -1.67. The summed E-state index contributed by atoms with van der Waals surface area (Å²) in [6, 6.07) is 11.7. The zero-order chi connectivity index (χ0) is 21.6. The fourth-order valence-corrected chi connectivity index (χ4v) is 5.46. The first-order chi connectivity index (χ1) is 13.5. The van der Waals surface area contributed by atoms with E-state index < -0.39 is 26.4 Å². The van der Waals surface area contributed by atoms with Gasteiger partial charge in [0.2, 0.25) is 0 Å². The van der Waals surface area contributed by atoms with Crippen molar-refractivity contribution in [3.63, 3.8) is 0 Å². The summed E-state index contributed by atoms with van der Waals surface area (Å²) in [6.45, 7) is 0. The summed E-state index contributed by atoms with van der Waals surface area (Å²) in [5.74, 6) is -1.08. The molecule has 0 aromatic heterocycles. The fourth-order valence-electron chi connectivity index (χ4n) is 3.20. The van der Waals surface area contributed by atoms with Crippen LogP contribution in [0.1, 0.15) is 16.7 Å². The molecular weight excluding hydrogens is 482 g/mol. The maximum absolute atomic E-state index is 13.0. The van der Waals surface area contributed by atoms with E-state index in [1.54, 1.807) is 0 Å². The number of benzene rings is 3. The molecule has 0 saturated heterocycles. The van der Waals surface area contributed by atoms with Gasteiger partial charge in [0.25, 0.3) is 10.1 Å². The van der Waals surface area contributed by atoms with E-state index in [9.17, 15) is 23.2 Å². The molecule has 0 heterocycles. The van der Waals surface area contributed by atoms with Crippen molar-refractivity contribution < 1.29 is 23.2 Å². The molecule has 3 aromatic rings. The lowest BCUT2D eigenvalue weighted by Crippen LogP contribution is -2.38. The van der Waals surface area contributed by atoms with Gasteiger partial charge in [-0.3, -0.25) is 4.55 Å². The Morgan fingerprint density at radius 1 is 0.759 bits per heavy atom. The van der Waals surface area contributed by atoms with Gasteiger partial charge in [0.1, 0.15) is 11.5 Å². The van der Waals surface area contributed by atoms with Gasteiger partial charge >= 0.3 is 0 Å². The third-order valence-corrected chi connectivity index (χ3v) is 7.00. The van der Waals surface area contributed by atoms with Crippen molar-refractivity contribution >= 4 is 56.5 Å². The zero-order valence-corrected chi connectivity index (χ0v) is 18.1. The van der Waals surface area contributed by atoms with Crippen molar-refractivity contribution in [1.29, 1.82) is 0 Å². The van der Waals surface area contributed by atoms with Crippen molar-refractivity contribution in [1.82, 2.24) is 0 Å². The zero-order valence-electron chi connectivity index (χ0n) is 14.3. The van der Waals surface area contributed by atoms with E-state index in [4.69, 9.17) is 46.4 Å². The highest BCUT2D eigenvalue weighted by Gasteiger charge is 2.51. The van der Waals surface area contributed by atoms with Crippen molar-refractivity contribution in [2.45, 2.75) is 4.75 Å². The normalized spacial score (nSPS) is 13.8. The molecule has 1 unspecified atom stereocenters. The second-order valence-corrected chi connectivity index (χ2v) is 9.31. The molecule has 0 fully saturated rings. The molecule has 0 aliphatic heterocycles. The molecule has 0 spiro atoms. The molecule has 152 valence electrons. The third kappa shape index (κ3) is 3.65. The number of hydrogen-bond donors (Lipinski definition) is 3. The number of phenols is 2. The van der Waals surface area contributed by atoms with Crippen LogP contribution in [0.3, 0.4) is 0 Å². The summed E-state index contributed by atoms with van der Waals surface area (Å²) in [6.07, 6.45) is 0. The molecule has 0 aliphatic carbocycles. The van der Waals surface area contributed by atoms with Crippen molar-refractivity contribution in [2.75, 3.05) is 0 Å². The monoisotopic (exact) mass is 492 g/mol. The van der Waals surface area contributed by atoms with Gasteiger partial charge in [-0.1, -0.05) is 70.7 Å². The van der Waals surface area contributed by atoms with Crippen LogP contribution in [0.5, 0.6) is 11.5 Å². The highest BCUT2D eigenvalue weighted by molar-refractivity contribution is 7.87. The van der Waals surface area contributed by atoms with Crippen LogP contribution in [0.15, 0.2) is 54.6 Å². The fraction of sp³-hybridized carbons (Fsp3) is 0.0526. The smallest absolute Gasteiger partial charge is 0.283 e. The molecule has 3 rings (SSSR count). The molecular formula is C19H12Cl4O5S. The number of aromatic hydroxyl groups is 2. The lowest BCUT2D eigenvalue weighted by atomic mass is 9.83. The molecule has 1 atom stereocenters. The Kier molecular flexibility index (Phi) is 5.98. The average Bonchev–Trinajstić information content (AvgIpc) is 2.62. The van der Waals surface area contributed by atoms with Gasteiger partial charge in [0.15, 0.2) is 4.75 Å². The largest absolute Gasteiger partial charge is 0.506 e. The van der Waals surface area contributed by atoms with Crippen molar-refractivity contribution in [2.24, 2.45) is 0 Å². The van der Waals surface area contributed by atoms with Gasteiger partial charge < -0.3 is 10.2 Å². The van der Waals surface area contributed by atoms with Gasteiger partial charge in [-0.15, -0.1) is 0 Å². The van der Waals surface area contributed by atoms with Crippen LogP contribution in [0, 0.1) is 0 Å². The van der Waals surface area contributed by atoms with Crippen LogP contribution in [0.2, 0.25) is 20.1 Å². The van der Waals surface area contributed by atoms with Gasteiger partial charge in [0.05, 0.1) is 10.0 Å². The topological polar surface area (TPSA) is 94.8 Å². The van der Waals surface area contributed by atoms with E-state index in [2.05, 4.69) is 0 Å². The predicted octanol–water partition coefficient (Wildman–Crippen LogP) is 5.89. The quantitative estimate of drug-likeness (QED) is 0.311. The van der Waals surface area contributed by atoms with E-state index in [1.165, 1.54) is 42.5 Å². The Morgan fingerprint density at radius 2 is 1.41 bits per heavy atom. The van der Waals surface area contributed by atoms with Crippen LogP contribution >= 0.6 is 46.4 Å². The Bertz CT molecular complexity index is 1210. The molecule has 0 amide bonds. The standard InChI is InChI=1S/C19H12Cl4O5S/c20-11-4-1-3-10(7-11)19(29(26,27)28,12-5-2-6-14(21)18(12)25)13-8-17(24)16(23)9-15(13)22/h1-9,24-25H,(H,26,27,28). The molecule has 5 nitrogen and oxygen atoms in total. The number of rotatable bonds is 4. The lowest BCUT2D eigenvalue weighted by Gasteiger charge is -2.34. The molecule has 0 bridgehead atoms. The lowest BCUT2D eigenvalue weighted by molar-refractivity contribution is 0.439. The second kappa shape index (κ2) is 7.87. The second-order valence-electron chi connectivity index (χ2n) is 6.09. The molecule has 29 heavy (non-hydrogen) atoms. The highest BCUT2D eigenvalue weighted by atomic mass is 35.5. The van der Waals surface area contributed by atoms with Gasteiger partial charge in [-0.2, -0.15) is 8.42 Å². The Morgan fingerprint density at radius 3 is 2.03 bits per heavy atom. The van der Waals surface area contributed by atoms with E-state index in [0.717, 1.165) is 12.1 Å².